The Morgan fingerprint density at radius 3 is 3.00 bits per heavy atom. The molecule has 2 N–H and O–H groups in total. The zero-order chi connectivity index (χ0) is 12.3. The first-order valence-corrected chi connectivity index (χ1v) is 5.09. The van der Waals surface area contributed by atoms with Gasteiger partial charge in [0.15, 0.2) is 0 Å². The van der Waals surface area contributed by atoms with Gasteiger partial charge >= 0.3 is 5.97 Å². The molecule has 0 saturated carbocycles. The summed E-state index contributed by atoms with van der Waals surface area (Å²) in [7, 11) is 1.28. The van der Waals surface area contributed by atoms with Crippen molar-refractivity contribution < 1.29 is 14.6 Å². The first-order valence-electron chi connectivity index (χ1n) is 5.09. The van der Waals surface area contributed by atoms with E-state index < -0.39 is 5.97 Å². The summed E-state index contributed by atoms with van der Waals surface area (Å²) in [5.74, 6) is -0.603. The summed E-state index contributed by atoms with van der Waals surface area (Å²) < 4.78 is 4.59. The number of nitrogens with one attached hydrogen (secondary N) is 1. The van der Waals surface area contributed by atoms with Crippen LogP contribution in [0.1, 0.15) is 21.6 Å². The minimum Gasteiger partial charge on any atom is -0.507 e. The van der Waals surface area contributed by atoms with Gasteiger partial charge in [-0.1, -0.05) is 12.1 Å². The largest absolute Gasteiger partial charge is 0.507 e. The van der Waals surface area contributed by atoms with Gasteiger partial charge in [0.25, 0.3) is 0 Å². The molecule has 0 atom stereocenters. The van der Waals surface area contributed by atoms with Gasteiger partial charge in [0.1, 0.15) is 11.3 Å². The number of hydrogen-bond acceptors (Lipinski definition) is 4. The summed E-state index contributed by atoms with van der Waals surface area (Å²) in [4.78, 5) is 18.3. The number of phenolic OH excluding ortho intramolecular Hbond substituents is 1. The van der Waals surface area contributed by atoms with Crippen molar-refractivity contribution in [2.45, 2.75) is 6.42 Å². The summed E-state index contributed by atoms with van der Waals surface area (Å²) in [6.07, 6.45) is 3.76. The fraction of sp³-hybridized carbons (Fsp3) is 0.167. The number of hydrogen-bond donors (Lipinski definition) is 2. The quantitative estimate of drug-likeness (QED) is 0.786. The Labute approximate surface area is 98.1 Å². The van der Waals surface area contributed by atoms with Crippen LogP contribution in [0.25, 0.3) is 0 Å². The van der Waals surface area contributed by atoms with Gasteiger partial charge in [-0.15, -0.1) is 0 Å². The summed E-state index contributed by atoms with van der Waals surface area (Å²) in [6.45, 7) is 0. The van der Waals surface area contributed by atoms with E-state index in [1.807, 2.05) is 0 Å². The number of H-pyrrole nitrogens is 1. The molecule has 17 heavy (non-hydrogen) atoms. The highest BCUT2D eigenvalue weighted by Gasteiger charge is 2.14. The normalized spacial score (nSPS) is 10.2. The lowest BCUT2D eigenvalue weighted by atomic mass is 10.0. The monoisotopic (exact) mass is 232 g/mol. The second kappa shape index (κ2) is 4.69. The van der Waals surface area contributed by atoms with Crippen LogP contribution in [0.4, 0.5) is 0 Å². The van der Waals surface area contributed by atoms with Crippen LogP contribution < -0.4 is 0 Å². The molecule has 1 heterocycles. The second-order valence-electron chi connectivity index (χ2n) is 3.54. The highest BCUT2D eigenvalue weighted by atomic mass is 16.5. The van der Waals surface area contributed by atoms with Crippen LogP contribution in [0, 0.1) is 0 Å². The van der Waals surface area contributed by atoms with Gasteiger partial charge in [-0.3, -0.25) is 0 Å². The molecule has 0 fully saturated rings. The van der Waals surface area contributed by atoms with Crippen molar-refractivity contribution in [3.8, 4) is 5.75 Å². The zero-order valence-electron chi connectivity index (χ0n) is 9.30. The number of phenols is 1. The van der Waals surface area contributed by atoms with Crippen molar-refractivity contribution in [3.05, 3.63) is 47.5 Å². The number of nitrogens with zero attached hydrogens (tertiary/aromatic N) is 1. The van der Waals surface area contributed by atoms with E-state index in [9.17, 15) is 9.90 Å². The van der Waals surface area contributed by atoms with Crippen molar-refractivity contribution in [2.24, 2.45) is 0 Å². The molecule has 0 aliphatic heterocycles. The van der Waals surface area contributed by atoms with Crippen molar-refractivity contribution in [2.75, 3.05) is 7.11 Å². The number of aromatic nitrogens is 2. The molecule has 2 aromatic rings. The van der Waals surface area contributed by atoms with Crippen molar-refractivity contribution >= 4 is 5.97 Å². The molecule has 0 aliphatic rings. The van der Waals surface area contributed by atoms with Crippen LogP contribution in [0.2, 0.25) is 0 Å². The number of carbonyl (C=O) groups excluding carboxylic acids is 1. The lowest BCUT2D eigenvalue weighted by Crippen LogP contribution is -2.03. The summed E-state index contributed by atoms with van der Waals surface area (Å²) in [5, 5.41) is 9.95. The molecule has 0 amide bonds. The molecule has 0 radical (unpaired) electrons. The first kappa shape index (κ1) is 11.2. The SMILES string of the molecule is COC(=O)c1cccc(Cc2c[nH]cn2)c1O. The fourth-order valence-electron chi connectivity index (χ4n) is 1.59. The number of para-hydroxylation sites is 1. The van der Waals surface area contributed by atoms with Crippen LogP contribution in [0.5, 0.6) is 5.75 Å². The van der Waals surface area contributed by atoms with Gasteiger partial charge in [-0.05, 0) is 6.07 Å². The van der Waals surface area contributed by atoms with Crippen molar-refractivity contribution in [1.29, 1.82) is 0 Å². The molecule has 0 bridgehead atoms. The first-order chi connectivity index (χ1) is 8.22. The van der Waals surface area contributed by atoms with E-state index in [0.29, 0.717) is 12.0 Å². The van der Waals surface area contributed by atoms with Crippen LogP contribution >= 0.6 is 0 Å². The van der Waals surface area contributed by atoms with E-state index >= 15 is 0 Å². The Kier molecular flexibility index (Phi) is 3.09. The molecule has 0 spiro atoms. The number of methoxy groups -OCH3 is 1. The lowest BCUT2D eigenvalue weighted by molar-refractivity contribution is 0.0597. The fourth-order valence-corrected chi connectivity index (χ4v) is 1.59. The summed E-state index contributed by atoms with van der Waals surface area (Å²) >= 11 is 0. The second-order valence-corrected chi connectivity index (χ2v) is 3.54. The van der Waals surface area contributed by atoms with Gasteiger partial charge in [-0.25, -0.2) is 9.78 Å². The van der Waals surface area contributed by atoms with Crippen molar-refractivity contribution in [3.63, 3.8) is 0 Å². The number of aromatic amines is 1. The van der Waals surface area contributed by atoms with Gasteiger partial charge in [0.2, 0.25) is 0 Å². The van der Waals surface area contributed by atoms with Gasteiger partial charge in [-0.2, -0.15) is 0 Å². The number of ether oxygens (including phenoxy) is 1. The molecular weight excluding hydrogens is 220 g/mol. The van der Waals surface area contributed by atoms with E-state index in [2.05, 4.69) is 14.7 Å². The number of carbonyl (C=O) groups is 1. The topological polar surface area (TPSA) is 75.2 Å². The minimum atomic E-state index is -0.550. The van der Waals surface area contributed by atoms with E-state index in [4.69, 9.17) is 0 Å². The maximum absolute atomic E-state index is 11.4. The van der Waals surface area contributed by atoms with Crippen LogP contribution in [0.15, 0.2) is 30.7 Å². The van der Waals surface area contributed by atoms with Crippen molar-refractivity contribution in [1.82, 2.24) is 9.97 Å². The molecule has 2 rings (SSSR count). The highest BCUT2D eigenvalue weighted by molar-refractivity contribution is 5.92. The van der Waals surface area contributed by atoms with Crippen LogP contribution in [-0.4, -0.2) is 28.2 Å². The smallest absolute Gasteiger partial charge is 0.341 e. The number of aromatic hydroxyl groups is 1. The number of imidazole rings is 1. The maximum Gasteiger partial charge on any atom is 0.341 e. The predicted octanol–water partition coefficient (Wildman–Crippen LogP) is 1.49. The molecule has 0 unspecified atom stereocenters. The number of rotatable bonds is 3. The van der Waals surface area contributed by atoms with Crippen LogP contribution in [-0.2, 0) is 11.2 Å². The third-order valence-corrected chi connectivity index (χ3v) is 2.45. The lowest BCUT2D eigenvalue weighted by Gasteiger charge is -2.07. The third kappa shape index (κ3) is 2.28. The summed E-state index contributed by atoms with van der Waals surface area (Å²) in [5.41, 5.74) is 1.60. The molecular formula is C12H12N2O3. The Bertz CT molecular complexity index is 521. The summed E-state index contributed by atoms with van der Waals surface area (Å²) in [6, 6.07) is 4.97. The standard InChI is InChI=1S/C12H12N2O3/c1-17-12(16)10-4-2-3-8(11(10)15)5-9-6-13-7-14-9/h2-4,6-7,15H,5H2,1H3,(H,13,14). The number of benzene rings is 1. The molecule has 1 aromatic carbocycles. The molecule has 88 valence electrons. The van der Waals surface area contributed by atoms with Gasteiger partial charge in [0.05, 0.1) is 19.1 Å². The zero-order valence-corrected chi connectivity index (χ0v) is 9.30. The molecule has 0 saturated heterocycles. The Balaban J connectivity index is 2.32. The van der Waals surface area contributed by atoms with E-state index in [0.717, 1.165) is 5.69 Å². The predicted molar refractivity (Wildman–Crippen MR) is 60.8 cm³/mol. The van der Waals surface area contributed by atoms with Gasteiger partial charge < -0.3 is 14.8 Å². The molecule has 0 aliphatic carbocycles. The Morgan fingerprint density at radius 1 is 1.53 bits per heavy atom. The Morgan fingerprint density at radius 2 is 2.35 bits per heavy atom. The molecule has 5 heteroatoms. The highest BCUT2D eigenvalue weighted by Crippen LogP contribution is 2.24. The number of esters is 1. The molecule has 1 aromatic heterocycles. The van der Waals surface area contributed by atoms with Crippen LogP contribution in [0.3, 0.4) is 0 Å². The van der Waals surface area contributed by atoms with E-state index in [-0.39, 0.29) is 11.3 Å². The average Bonchev–Trinajstić information content (AvgIpc) is 2.84. The average molecular weight is 232 g/mol. The maximum atomic E-state index is 11.4. The van der Waals surface area contributed by atoms with E-state index in [1.54, 1.807) is 24.7 Å². The van der Waals surface area contributed by atoms with E-state index in [1.165, 1.54) is 13.2 Å². The third-order valence-electron chi connectivity index (χ3n) is 2.45. The Hall–Kier alpha value is -2.30. The van der Waals surface area contributed by atoms with Gasteiger partial charge in [0, 0.05) is 18.2 Å². The molecule has 5 nitrogen and oxygen atoms in total. The minimum absolute atomic E-state index is 0.0534.